The average Bonchev–Trinajstić information content (AvgIpc) is 2.93. The molecule has 0 aliphatic carbocycles. The molecule has 40 heavy (non-hydrogen) atoms. The van der Waals surface area contributed by atoms with E-state index in [1.807, 2.05) is 0 Å². The number of ketones is 1. The van der Waals surface area contributed by atoms with Gasteiger partial charge in [-0.2, -0.15) is 0 Å². The minimum atomic E-state index is -0.238. The Kier molecular flexibility index (Phi) is 31.4. The van der Waals surface area contributed by atoms with Crippen LogP contribution < -0.4 is 0 Å². The summed E-state index contributed by atoms with van der Waals surface area (Å²) in [6, 6.07) is 0. The lowest BCUT2D eigenvalue weighted by molar-refractivity contribution is -0.143. The van der Waals surface area contributed by atoms with Gasteiger partial charge in [-0.1, -0.05) is 141 Å². The molecular weight excluding hydrogens is 496 g/mol. The van der Waals surface area contributed by atoms with E-state index in [0.29, 0.717) is 19.4 Å². The Morgan fingerprint density at radius 1 is 0.600 bits per heavy atom. The number of unbranched alkanes of at least 4 members (excludes halogenated alkanes) is 21. The molecule has 0 radical (unpaired) electrons. The quantitative estimate of drug-likeness (QED) is 0.0501. The van der Waals surface area contributed by atoms with Crippen molar-refractivity contribution in [2.75, 3.05) is 6.61 Å². The SMILES string of the molecule is CCCCCCCCCCCCCCCCOC(=O)CCCCCCC/C=C\C[C@H](O)CCCCCCC(C)=O. The number of hydrogen-bond acceptors (Lipinski definition) is 4. The Labute approximate surface area is 249 Å². The minimum Gasteiger partial charge on any atom is -0.466 e. The molecular formula is C36H68O4. The number of hydrogen-bond donors (Lipinski definition) is 1. The van der Waals surface area contributed by atoms with E-state index >= 15 is 0 Å². The lowest BCUT2D eigenvalue weighted by Gasteiger charge is -2.07. The normalized spacial score (nSPS) is 12.3. The van der Waals surface area contributed by atoms with E-state index in [0.717, 1.165) is 64.2 Å². The molecule has 1 N–H and O–H groups in total. The summed E-state index contributed by atoms with van der Waals surface area (Å²) in [5.74, 6) is 0.253. The zero-order chi connectivity index (χ0) is 29.4. The maximum Gasteiger partial charge on any atom is 0.305 e. The van der Waals surface area contributed by atoms with E-state index in [4.69, 9.17) is 4.74 Å². The highest BCUT2D eigenvalue weighted by Gasteiger charge is 2.03. The Bertz CT molecular complexity index is 571. The third kappa shape index (κ3) is 33.0. The van der Waals surface area contributed by atoms with Crippen LogP contribution in [0.4, 0.5) is 0 Å². The summed E-state index contributed by atoms with van der Waals surface area (Å²) in [7, 11) is 0. The number of aliphatic hydroxyl groups is 1. The van der Waals surface area contributed by atoms with Crippen molar-refractivity contribution in [3.8, 4) is 0 Å². The third-order valence-electron chi connectivity index (χ3n) is 7.90. The molecule has 4 heteroatoms. The number of allylic oxidation sites excluding steroid dienone is 1. The Morgan fingerprint density at radius 2 is 1.07 bits per heavy atom. The van der Waals surface area contributed by atoms with Gasteiger partial charge in [-0.25, -0.2) is 0 Å². The van der Waals surface area contributed by atoms with Gasteiger partial charge in [0.05, 0.1) is 12.7 Å². The van der Waals surface area contributed by atoms with Crippen LogP contribution in [0.3, 0.4) is 0 Å². The van der Waals surface area contributed by atoms with Crippen LogP contribution in [0.2, 0.25) is 0 Å². The molecule has 0 bridgehead atoms. The van der Waals surface area contributed by atoms with E-state index in [2.05, 4.69) is 19.1 Å². The van der Waals surface area contributed by atoms with Crippen LogP contribution in [-0.4, -0.2) is 29.6 Å². The lowest BCUT2D eigenvalue weighted by atomic mass is 10.0. The average molecular weight is 565 g/mol. The molecule has 4 nitrogen and oxygen atoms in total. The molecule has 0 aliphatic heterocycles. The standard InChI is InChI=1S/C36H68O4/c1-3-4-5-6-7-8-9-10-11-12-15-18-23-28-33-40-36(39)32-27-20-17-14-13-16-19-25-30-35(38)31-26-22-21-24-29-34(2)37/h19,25,35,38H,3-18,20-24,26-33H2,1-2H3/b25-19-/t35-/m0/s1. The van der Waals surface area contributed by atoms with Crippen LogP contribution in [0.5, 0.6) is 0 Å². The molecule has 1 atom stereocenters. The summed E-state index contributed by atoms with van der Waals surface area (Å²) in [4.78, 5) is 22.8. The smallest absolute Gasteiger partial charge is 0.305 e. The first-order valence-electron chi connectivity index (χ1n) is 17.5. The Balaban J connectivity index is 3.29. The van der Waals surface area contributed by atoms with Crippen molar-refractivity contribution < 1.29 is 19.4 Å². The van der Waals surface area contributed by atoms with E-state index < -0.39 is 0 Å². The zero-order valence-corrected chi connectivity index (χ0v) is 26.9. The van der Waals surface area contributed by atoms with Crippen molar-refractivity contribution in [2.24, 2.45) is 0 Å². The topological polar surface area (TPSA) is 63.6 Å². The maximum absolute atomic E-state index is 11.9. The molecule has 0 aromatic rings. The summed E-state index contributed by atoms with van der Waals surface area (Å²) < 4.78 is 5.41. The van der Waals surface area contributed by atoms with E-state index in [1.54, 1.807) is 6.92 Å². The summed E-state index contributed by atoms with van der Waals surface area (Å²) in [6.45, 7) is 4.52. The first-order valence-corrected chi connectivity index (χ1v) is 17.5. The monoisotopic (exact) mass is 565 g/mol. The number of carbonyl (C=O) groups excluding carboxylic acids is 2. The van der Waals surface area contributed by atoms with Gasteiger partial charge in [-0.3, -0.25) is 4.79 Å². The van der Waals surface area contributed by atoms with Gasteiger partial charge in [-0.15, -0.1) is 0 Å². The summed E-state index contributed by atoms with van der Waals surface area (Å²) in [5, 5.41) is 10.1. The highest BCUT2D eigenvalue weighted by atomic mass is 16.5. The fraction of sp³-hybridized carbons (Fsp3) is 0.889. The summed E-state index contributed by atoms with van der Waals surface area (Å²) in [6.07, 6.45) is 36.6. The van der Waals surface area contributed by atoms with Gasteiger partial charge in [-0.05, 0) is 51.9 Å². The van der Waals surface area contributed by atoms with Crippen LogP contribution in [-0.2, 0) is 14.3 Å². The van der Waals surface area contributed by atoms with Crippen molar-refractivity contribution in [1.29, 1.82) is 0 Å². The molecule has 0 aromatic carbocycles. The van der Waals surface area contributed by atoms with Crippen LogP contribution >= 0.6 is 0 Å². The van der Waals surface area contributed by atoms with Crippen molar-refractivity contribution in [2.45, 2.75) is 200 Å². The molecule has 236 valence electrons. The first kappa shape index (κ1) is 38.8. The zero-order valence-electron chi connectivity index (χ0n) is 26.9. The molecule has 0 heterocycles. The molecule has 0 aliphatic rings. The summed E-state index contributed by atoms with van der Waals surface area (Å²) in [5.41, 5.74) is 0. The second-order valence-electron chi connectivity index (χ2n) is 12.1. The fourth-order valence-corrected chi connectivity index (χ4v) is 5.21. The number of aliphatic hydroxyl groups excluding tert-OH is 1. The highest BCUT2D eigenvalue weighted by Crippen LogP contribution is 2.14. The van der Waals surface area contributed by atoms with E-state index in [1.165, 1.54) is 103 Å². The number of Topliss-reactive ketones (excluding diaryl/α,β-unsaturated/α-hetero) is 1. The predicted molar refractivity (Wildman–Crippen MR) is 172 cm³/mol. The molecule has 0 saturated heterocycles. The van der Waals surface area contributed by atoms with Crippen molar-refractivity contribution in [3.05, 3.63) is 12.2 Å². The molecule has 0 saturated carbocycles. The number of carbonyl (C=O) groups is 2. The molecule has 0 fully saturated rings. The molecule has 0 spiro atoms. The van der Waals surface area contributed by atoms with Gasteiger partial charge in [0.15, 0.2) is 0 Å². The van der Waals surface area contributed by atoms with Crippen LogP contribution in [0, 0.1) is 0 Å². The number of esters is 1. The van der Waals surface area contributed by atoms with Crippen LogP contribution in [0.25, 0.3) is 0 Å². The largest absolute Gasteiger partial charge is 0.466 e. The second-order valence-corrected chi connectivity index (χ2v) is 12.1. The van der Waals surface area contributed by atoms with Gasteiger partial charge >= 0.3 is 5.97 Å². The molecule has 0 aromatic heterocycles. The van der Waals surface area contributed by atoms with Crippen LogP contribution in [0.1, 0.15) is 194 Å². The van der Waals surface area contributed by atoms with Crippen molar-refractivity contribution in [3.63, 3.8) is 0 Å². The van der Waals surface area contributed by atoms with Gasteiger partial charge in [0.2, 0.25) is 0 Å². The van der Waals surface area contributed by atoms with Crippen molar-refractivity contribution >= 4 is 11.8 Å². The molecule has 0 unspecified atom stereocenters. The van der Waals surface area contributed by atoms with Crippen molar-refractivity contribution in [1.82, 2.24) is 0 Å². The Hall–Kier alpha value is -1.16. The van der Waals surface area contributed by atoms with Gasteiger partial charge in [0.1, 0.15) is 5.78 Å². The number of rotatable bonds is 32. The highest BCUT2D eigenvalue weighted by molar-refractivity contribution is 5.75. The lowest BCUT2D eigenvalue weighted by Crippen LogP contribution is -2.05. The molecule has 0 amide bonds. The second kappa shape index (κ2) is 32.4. The van der Waals surface area contributed by atoms with E-state index in [9.17, 15) is 14.7 Å². The van der Waals surface area contributed by atoms with Gasteiger partial charge in [0, 0.05) is 12.8 Å². The van der Waals surface area contributed by atoms with Gasteiger partial charge in [0.25, 0.3) is 0 Å². The Morgan fingerprint density at radius 3 is 1.65 bits per heavy atom. The maximum atomic E-state index is 11.9. The third-order valence-corrected chi connectivity index (χ3v) is 7.90. The van der Waals surface area contributed by atoms with Crippen LogP contribution in [0.15, 0.2) is 12.2 Å². The number of ether oxygens (including phenoxy) is 1. The van der Waals surface area contributed by atoms with Gasteiger partial charge < -0.3 is 14.6 Å². The fourth-order valence-electron chi connectivity index (χ4n) is 5.21. The predicted octanol–water partition coefficient (Wildman–Crippen LogP) is 11.0. The summed E-state index contributed by atoms with van der Waals surface area (Å²) >= 11 is 0. The van der Waals surface area contributed by atoms with E-state index in [-0.39, 0.29) is 17.9 Å². The molecule has 0 rings (SSSR count). The minimum absolute atomic E-state index is 0.0211. The first-order chi connectivity index (χ1) is 19.6.